The van der Waals surface area contributed by atoms with Crippen LogP contribution in [-0.2, 0) is 14.8 Å². The molecule has 0 radical (unpaired) electrons. The highest BCUT2D eigenvalue weighted by Crippen LogP contribution is 2.10. The second kappa shape index (κ2) is 6.34. The monoisotopic (exact) mass is 298 g/mol. The van der Waals surface area contributed by atoms with Crippen molar-refractivity contribution in [1.82, 2.24) is 9.62 Å². The first kappa shape index (κ1) is 15.0. The van der Waals surface area contributed by atoms with Gasteiger partial charge in [0.25, 0.3) is 0 Å². The molecule has 7 heteroatoms. The van der Waals surface area contributed by atoms with Gasteiger partial charge in [0, 0.05) is 13.1 Å². The highest BCUT2D eigenvalue weighted by Gasteiger charge is 2.23. The van der Waals surface area contributed by atoms with Gasteiger partial charge in [-0.2, -0.15) is 0 Å². The van der Waals surface area contributed by atoms with Gasteiger partial charge in [0.1, 0.15) is 0 Å². The lowest BCUT2D eigenvalue weighted by Crippen LogP contribution is -2.46. The molecular weight excluding hydrogens is 280 g/mol. The molecule has 1 heterocycles. The van der Waals surface area contributed by atoms with Crippen molar-refractivity contribution in [2.24, 2.45) is 0 Å². The molecule has 0 spiro atoms. The molecule has 1 amide bonds. The molecule has 20 heavy (non-hydrogen) atoms. The van der Waals surface area contributed by atoms with Crippen LogP contribution in [0.3, 0.4) is 0 Å². The average Bonchev–Trinajstić information content (AvgIpc) is 2.46. The Morgan fingerprint density at radius 3 is 2.70 bits per heavy atom. The van der Waals surface area contributed by atoms with Gasteiger partial charge in [-0.1, -0.05) is 18.2 Å². The Morgan fingerprint density at radius 1 is 1.35 bits per heavy atom. The molecule has 1 aromatic carbocycles. The summed E-state index contributed by atoms with van der Waals surface area (Å²) in [6.45, 7) is 0.540. The van der Waals surface area contributed by atoms with Crippen LogP contribution in [0.5, 0.6) is 0 Å². The quantitative estimate of drug-likeness (QED) is 0.816. The van der Waals surface area contributed by atoms with Crippen LogP contribution in [-0.4, -0.2) is 50.1 Å². The van der Waals surface area contributed by atoms with Crippen LogP contribution in [0.2, 0.25) is 0 Å². The molecule has 0 saturated carbocycles. The number of likely N-dealkylation sites (tertiary alicyclic amines) is 1. The summed E-state index contributed by atoms with van der Waals surface area (Å²) in [5.74, 6) is -0.316. The Balaban J connectivity index is 1.93. The Labute approximate surface area is 118 Å². The second-order valence-corrected chi connectivity index (χ2v) is 6.54. The van der Waals surface area contributed by atoms with Crippen LogP contribution in [0.1, 0.15) is 12.8 Å². The zero-order valence-electron chi connectivity index (χ0n) is 11.0. The molecule has 1 saturated heterocycles. The Morgan fingerprint density at radius 2 is 2.05 bits per heavy atom. The maximum Gasteiger partial charge on any atom is 0.241 e. The van der Waals surface area contributed by atoms with Gasteiger partial charge in [0.05, 0.1) is 17.5 Å². The van der Waals surface area contributed by atoms with E-state index in [9.17, 15) is 18.3 Å². The second-order valence-electron chi connectivity index (χ2n) is 4.77. The fraction of sp³-hybridized carbons (Fsp3) is 0.462. The fourth-order valence-corrected chi connectivity index (χ4v) is 3.13. The van der Waals surface area contributed by atoms with E-state index < -0.39 is 16.1 Å². The molecular formula is C13H18N2O4S. The molecule has 2 N–H and O–H groups in total. The third-order valence-corrected chi connectivity index (χ3v) is 4.63. The largest absolute Gasteiger partial charge is 0.391 e. The van der Waals surface area contributed by atoms with Crippen LogP contribution < -0.4 is 4.72 Å². The number of aliphatic hydroxyl groups is 1. The molecule has 0 aliphatic carbocycles. The van der Waals surface area contributed by atoms with Gasteiger partial charge in [-0.3, -0.25) is 4.79 Å². The Kier molecular flexibility index (Phi) is 4.74. The van der Waals surface area contributed by atoms with Gasteiger partial charge in [-0.25, -0.2) is 13.1 Å². The minimum Gasteiger partial charge on any atom is -0.391 e. The lowest BCUT2D eigenvalue weighted by Gasteiger charge is -2.30. The van der Waals surface area contributed by atoms with Crippen molar-refractivity contribution in [3.05, 3.63) is 30.3 Å². The number of piperidine rings is 1. The van der Waals surface area contributed by atoms with E-state index in [0.717, 1.165) is 6.42 Å². The van der Waals surface area contributed by atoms with Gasteiger partial charge in [-0.15, -0.1) is 0 Å². The molecule has 0 unspecified atom stereocenters. The third-order valence-electron chi connectivity index (χ3n) is 3.22. The first-order valence-corrected chi connectivity index (χ1v) is 7.98. The molecule has 1 atom stereocenters. The van der Waals surface area contributed by atoms with Crippen LogP contribution in [0.4, 0.5) is 0 Å². The van der Waals surface area contributed by atoms with Gasteiger partial charge in [0.2, 0.25) is 15.9 Å². The molecule has 110 valence electrons. The number of carbonyl (C=O) groups excluding carboxylic acids is 1. The van der Waals surface area contributed by atoms with Crippen molar-refractivity contribution in [2.75, 3.05) is 19.6 Å². The van der Waals surface area contributed by atoms with E-state index in [1.807, 2.05) is 0 Å². The molecule has 6 nitrogen and oxygen atoms in total. The van der Waals surface area contributed by atoms with E-state index >= 15 is 0 Å². The molecule has 2 rings (SSSR count). The number of aliphatic hydroxyl groups excluding tert-OH is 1. The number of carbonyl (C=O) groups is 1. The zero-order chi connectivity index (χ0) is 14.6. The fourth-order valence-electron chi connectivity index (χ4n) is 2.13. The summed E-state index contributed by atoms with van der Waals surface area (Å²) in [7, 11) is -3.67. The van der Waals surface area contributed by atoms with Crippen LogP contribution in [0.15, 0.2) is 35.2 Å². The normalized spacial score (nSPS) is 19.9. The molecule has 1 aromatic rings. The SMILES string of the molecule is O=C(CNS(=O)(=O)c1ccccc1)N1CCC[C@H](O)C1. The predicted molar refractivity (Wildman–Crippen MR) is 73.5 cm³/mol. The summed E-state index contributed by atoms with van der Waals surface area (Å²) in [5.41, 5.74) is 0. The van der Waals surface area contributed by atoms with Crippen molar-refractivity contribution in [3.8, 4) is 0 Å². The van der Waals surface area contributed by atoms with Gasteiger partial charge in [0.15, 0.2) is 0 Å². The summed E-state index contributed by atoms with van der Waals surface area (Å²) < 4.78 is 26.2. The highest BCUT2D eigenvalue weighted by atomic mass is 32.2. The summed E-state index contributed by atoms with van der Waals surface area (Å²) in [6, 6.07) is 7.91. The van der Waals surface area contributed by atoms with Crippen molar-refractivity contribution in [1.29, 1.82) is 0 Å². The highest BCUT2D eigenvalue weighted by molar-refractivity contribution is 7.89. The topological polar surface area (TPSA) is 86.7 Å². The van der Waals surface area contributed by atoms with Gasteiger partial charge >= 0.3 is 0 Å². The number of nitrogens with zero attached hydrogens (tertiary/aromatic N) is 1. The van der Waals surface area contributed by atoms with Crippen LogP contribution in [0, 0.1) is 0 Å². The molecule has 0 aromatic heterocycles. The maximum absolute atomic E-state index is 12.0. The molecule has 0 bridgehead atoms. The summed E-state index contributed by atoms with van der Waals surface area (Å²) in [6.07, 6.45) is 0.899. The van der Waals surface area contributed by atoms with E-state index in [4.69, 9.17) is 0 Å². The lowest BCUT2D eigenvalue weighted by molar-refractivity contribution is -0.132. The van der Waals surface area contributed by atoms with Crippen molar-refractivity contribution in [3.63, 3.8) is 0 Å². The van der Waals surface area contributed by atoms with Crippen molar-refractivity contribution in [2.45, 2.75) is 23.8 Å². The Hall–Kier alpha value is -1.44. The van der Waals surface area contributed by atoms with Gasteiger partial charge in [-0.05, 0) is 25.0 Å². The van der Waals surface area contributed by atoms with Crippen LogP contribution >= 0.6 is 0 Å². The van der Waals surface area contributed by atoms with E-state index in [1.165, 1.54) is 17.0 Å². The molecule has 1 fully saturated rings. The smallest absolute Gasteiger partial charge is 0.241 e. The third kappa shape index (κ3) is 3.78. The van der Waals surface area contributed by atoms with Crippen LogP contribution in [0.25, 0.3) is 0 Å². The Bertz CT molecular complexity index is 559. The number of hydrogen-bond donors (Lipinski definition) is 2. The average molecular weight is 298 g/mol. The van der Waals surface area contributed by atoms with E-state index in [-0.39, 0.29) is 23.9 Å². The number of β-amino-alcohol motifs (C(OH)–C–C–N with tert-alkyl or cyclic N) is 1. The van der Waals surface area contributed by atoms with E-state index in [1.54, 1.807) is 18.2 Å². The number of benzene rings is 1. The lowest BCUT2D eigenvalue weighted by atomic mass is 10.1. The number of amides is 1. The number of hydrogen-bond acceptors (Lipinski definition) is 4. The van der Waals surface area contributed by atoms with Gasteiger partial charge < -0.3 is 10.0 Å². The van der Waals surface area contributed by atoms with Crippen molar-refractivity contribution >= 4 is 15.9 Å². The van der Waals surface area contributed by atoms with E-state index in [2.05, 4.69) is 4.72 Å². The molecule has 1 aliphatic heterocycles. The number of nitrogens with one attached hydrogen (secondary N) is 1. The minimum absolute atomic E-state index is 0.131. The summed E-state index contributed by atoms with van der Waals surface area (Å²) in [4.78, 5) is 13.5. The number of sulfonamides is 1. The first-order chi connectivity index (χ1) is 9.49. The molecule has 1 aliphatic rings. The summed E-state index contributed by atoms with van der Waals surface area (Å²) in [5, 5.41) is 9.50. The van der Waals surface area contributed by atoms with Crippen molar-refractivity contribution < 1.29 is 18.3 Å². The maximum atomic E-state index is 12.0. The van der Waals surface area contributed by atoms with E-state index in [0.29, 0.717) is 13.0 Å². The summed E-state index contributed by atoms with van der Waals surface area (Å²) >= 11 is 0. The minimum atomic E-state index is -3.67. The standard InChI is InChI=1S/C13H18N2O4S/c16-11-5-4-8-15(10-11)13(17)9-14-20(18,19)12-6-2-1-3-7-12/h1-3,6-7,11,14,16H,4-5,8-10H2/t11-/m0/s1. The predicted octanol–water partition coefficient (Wildman–Crippen LogP) is -0.0518. The first-order valence-electron chi connectivity index (χ1n) is 6.49. The number of rotatable bonds is 4. The zero-order valence-corrected chi connectivity index (χ0v) is 11.8.